The van der Waals surface area contributed by atoms with E-state index >= 15 is 0 Å². The lowest BCUT2D eigenvalue weighted by atomic mass is 9.98. The first-order chi connectivity index (χ1) is 14.0. The van der Waals surface area contributed by atoms with Gasteiger partial charge in [0.1, 0.15) is 5.58 Å². The molecule has 7 heteroatoms. The number of nitrogens with zero attached hydrogens (tertiary/aromatic N) is 1. The van der Waals surface area contributed by atoms with Gasteiger partial charge in [-0.05, 0) is 48.7 Å². The topological polar surface area (TPSA) is 59.8 Å². The smallest absolute Gasteiger partial charge is 0.291 e. The molecule has 1 fully saturated rings. The molecule has 0 aliphatic carbocycles. The average molecular weight is 519 g/mol. The van der Waals surface area contributed by atoms with Gasteiger partial charge in [-0.1, -0.05) is 44.0 Å². The van der Waals surface area contributed by atoms with Gasteiger partial charge in [-0.25, -0.2) is 0 Å². The van der Waals surface area contributed by atoms with Crippen LogP contribution in [0.1, 0.15) is 40.6 Å². The van der Waals surface area contributed by atoms with Crippen molar-refractivity contribution in [2.75, 3.05) is 13.2 Å². The van der Waals surface area contributed by atoms with Crippen LogP contribution in [0, 0.1) is 0 Å². The Bertz CT molecular complexity index is 1180. The molecular weight excluding hydrogens is 502 g/mol. The first-order valence-electron chi connectivity index (χ1n) is 9.47. The zero-order valence-electron chi connectivity index (χ0n) is 15.4. The summed E-state index contributed by atoms with van der Waals surface area (Å²) in [6, 6.07) is 12.5. The van der Waals surface area contributed by atoms with Crippen molar-refractivity contribution in [2.45, 2.75) is 25.0 Å². The van der Waals surface area contributed by atoms with Crippen molar-refractivity contribution < 1.29 is 13.9 Å². The molecule has 0 bridgehead atoms. The summed E-state index contributed by atoms with van der Waals surface area (Å²) in [4.78, 5) is 28.5. The molecule has 2 aliphatic rings. The Morgan fingerprint density at radius 2 is 1.90 bits per heavy atom. The van der Waals surface area contributed by atoms with Gasteiger partial charge in [0.15, 0.2) is 5.43 Å². The highest BCUT2D eigenvalue weighted by Crippen LogP contribution is 2.39. The fourth-order valence-corrected chi connectivity index (χ4v) is 4.99. The van der Waals surface area contributed by atoms with Gasteiger partial charge in [0.05, 0.1) is 23.1 Å². The monoisotopic (exact) mass is 517 g/mol. The molecule has 5 rings (SSSR count). The number of ether oxygens (including phenoxy) is 1. The van der Waals surface area contributed by atoms with Crippen LogP contribution < -0.4 is 5.43 Å². The minimum atomic E-state index is -0.501. The number of fused-ring (bicyclic) bond motifs is 2. The maximum atomic E-state index is 13.5. The number of hydrogen-bond donors (Lipinski definition) is 0. The van der Waals surface area contributed by atoms with Crippen LogP contribution in [0.3, 0.4) is 0 Å². The molecule has 1 amide bonds. The lowest BCUT2D eigenvalue weighted by Gasteiger charge is -2.27. The van der Waals surface area contributed by atoms with E-state index in [0.717, 1.165) is 27.4 Å². The van der Waals surface area contributed by atoms with Crippen LogP contribution in [0.5, 0.6) is 0 Å². The highest BCUT2D eigenvalue weighted by molar-refractivity contribution is 9.10. The maximum absolute atomic E-state index is 13.5. The van der Waals surface area contributed by atoms with E-state index in [9.17, 15) is 9.59 Å². The molecule has 148 valence electrons. The van der Waals surface area contributed by atoms with Crippen LogP contribution in [-0.4, -0.2) is 30.1 Å². The second-order valence-electron chi connectivity index (χ2n) is 7.36. The molecule has 3 aromatic rings. The summed E-state index contributed by atoms with van der Waals surface area (Å²) >= 11 is 6.92. The van der Waals surface area contributed by atoms with Gasteiger partial charge in [0.25, 0.3) is 5.91 Å². The van der Waals surface area contributed by atoms with Crippen LogP contribution in [0.2, 0.25) is 0 Å². The van der Waals surface area contributed by atoms with E-state index in [-0.39, 0.29) is 23.2 Å². The number of hydrogen-bond acceptors (Lipinski definition) is 4. The van der Waals surface area contributed by atoms with Gasteiger partial charge in [0.2, 0.25) is 5.76 Å². The first kappa shape index (κ1) is 19.0. The molecule has 29 heavy (non-hydrogen) atoms. The zero-order valence-corrected chi connectivity index (χ0v) is 18.5. The van der Waals surface area contributed by atoms with Crippen molar-refractivity contribution in [1.29, 1.82) is 0 Å². The van der Waals surface area contributed by atoms with Crippen molar-refractivity contribution in [3.05, 3.63) is 78.5 Å². The van der Waals surface area contributed by atoms with Crippen LogP contribution in [0.4, 0.5) is 0 Å². The maximum Gasteiger partial charge on any atom is 0.291 e. The van der Waals surface area contributed by atoms with Crippen molar-refractivity contribution >= 4 is 48.7 Å². The number of carbonyl (C=O) groups is 1. The molecule has 2 atom stereocenters. The third-order valence-electron chi connectivity index (χ3n) is 5.52. The summed E-state index contributed by atoms with van der Waals surface area (Å²) in [7, 11) is 0. The van der Waals surface area contributed by atoms with Crippen molar-refractivity contribution in [3.63, 3.8) is 0 Å². The summed E-state index contributed by atoms with van der Waals surface area (Å²) < 4.78 is 13.4. The Kier molecular flexibility index (Phi) is 4.84. The van der Waals surface area contributed by atoms with Gasteiger partial charge < -0.3 is 14.1 Å². The highest BCUT2D eigenvalue weighted by Gasteiger charge is 2.43. The summed E-state index contributed by atoms with van der Waals surface area (Å²) in [5.74, 6) is -0.129. The van der Waals surface area contributed by atoms with E-state index in [1.807, 2.05) is 24.3 Å². The lowest BCUT2D eigenvalue weighted by molar-refractivity contribution is 0.0486. The lowest BCUT2D eigenvalue weighted by Crippen LogP contribution is -2.36. The largest absolute Gasteiger partial charge is 0.450 e. The Hall–Kier alpha value is -1.96. The molecule has 5 nitrogen and oxygen atoms in total. The second kappa shape index (κ2) is 7.38. The fourth-order valence-electron chi connectivity index (χ4n) is 4.21. The first-order valence-corrected chi connectivity index (χ1v) is 11.1. The Labute approximate surface area is 183 Å². The molecule has 0 radical (unpaired) electrons. The van der Waals surface area contributed by atoms with Crippen LogP contribution in [0.25, 0.3) is 11.0 Å². The molecule has 0 saturated carbocycles. The minimum absolute atomic E-state index is 0.0263. The molecule has 2 aliphatic heterocycles. The molecule has 0 spiro atoms. The number of rotatable bonds is 3. The Morgan fingerprint density at radius 1 is 1.07 bits per heavy atom. The molecule has 1 saturated heterocycles. The number of carbonyl (C=O) groups excluding carboxylic acids is 1. The van der Waals surface area contributed by atoms with Gasteiger partial charge in [-0.15, -0.1) is 0 Å². The molecule has 2 unspecified atom stereocenters. The van der Waals surface area contributed by atoms with E-state index in [4.69, 9.17) is 9.15 Å². The summed E-state index contributed by atoms with van der Waals surface area (Å²) in [5.41, 5.74) is 1.51. The van der Waals surface area contributed by atoms with Crippen molar-refractivity contribution in [1.82, 2.24) is 4.90 Å². The molecule has 3 heterocycles. The van der Waals surface area contributed by atoms with E-state index in [2.05, 4.69) is 31.9 Å². The van der Waals surface area contributed by atoms with Crippen molar-refractivity contribution in [3.8, 4) is 0 Å². The number of halogens is 2. The van der Waals surface area contributed by atoms with E-state index in [1.165, 1.54) is 0 Å². The van der Waals surface area contributed by atoms with Gasteiger partial charge in [-0.2, -0.15) is 0 Å². The van der Waals surface area contributed by atoms with E-state index in [1.54, 1.807) is 23.1 Å². The normalized spacial score (nSPS) is 21.2. The third kappa shape index (κ3) is 3.25. The second-order valence-corrected chi connectivity index (χ2v) is 9.20. The third-order valence-corrected chi connectivity index (χ3v) is 6.50. The highest BCUT2D eigenvalue weighted by atomic mass is 79.9. The van der Waals surface area contributed by atoms with E-state index < -0.39 is 6.04 Å². The fraction of sp³-hybridized carbons (Fsp3) is 0.273. The molecule has 0 N–H and O–H groups in total. The predicted octanol–water partition coefficient (Wildman–Crippen LogP) is 5.04. The van der Waals surface area contributed by atoms with Crippen LogP contribution >= 0.6 is 31.9 Å². The number of benzene rings is 2. The van der Waals surface area contributed by atoms with Crippen LogP contribution in [-0.2, 0) is 4.74 Å². The zero-order chi connectivity index (χ0) is 20.1. The standard InChI is InChI=1S/C22H17Br2NO4/c23-13-4-1-3-12(9-13)19-18-20(26)16-10-14(24)6-7-17(16)29-21(18)22(27)25(19)11-15-5-2-8-28-15/h1,3-4,6-7,9-10,15,19H,2,5,8,11H2. The SMILES string of the molecule is O=C1c2oc3ccc(Br)cc3c(=O)c2C(c2cccc(Br)c2)N1CC1CCCO1. The Morgan fingerprint density at radius 3 is 2.66 bits per heavy atom. The van der Waals surface area contributed by atoms with Crippen molar-refractivity contribution in [2.24, 2.45) is 0 Å². The molecule has 1 aromatic heterocycles. The van der Waals surface area contributed by atoms with Crippen LogP contribution in [0.15, 0.2) is 60.6 Å². The quantitative estimate of drug-likeness (QED) is 0.487. The van der Waals surface area contributed by atoms with Gasteiger partial charge in [0, 0.05) is 22.1 Å². The summed E-state index contributed by atoms with van der Waals surface area (Å²) in [6.07, 6.45) is 1.86. The molecular formula is C22H17Br2NO4. The minimum Gasteiger partial charge on any atom is -0.450 e. The van der Waals surface area contributed by atoms with Gasteiger partial charge >= 0.3 is 0 Å². The van der Waals surface area contributed by atoms with Gasteiger partial charge in [-0.3, -0.25) is 9.59 Å². The Balaban J connectivity index is 1.72. The number of amides is 1. The van der Waals surface area contributed by atoms with E-state index in [0.29, 0.717) is 29.7 Å². The summed E-state index contributed by atoms with van der Waals surface area (Å²) in [5, 5.41) is 0.463. The summed E-state index contributed by atoms with van der Waals surface area (Å²) in [6.45, 7) is 1.13. The predicted molar refractivity (Wildman–Crippen MR) is 116 cm³/mol. The molecule has 2 aromatic carbocycles. The average Bonchev–Trinajstić information content (AvgIpc) is 3.31.